The third-order valence-corrected chi connectivity index (χ3v) is 6.46. The molecule has 12 nitrogen and oxygen atoms in total. The minimum absolute atomic E-state index is 0.165. The van der Waals surface area contributed by atoms with Gasteiger partial charge in [0.2, 0.25) is 11.8 Å². The maximum atomic E-state index is 12.2. The van der Waals surface area contributed by atoms with E-state index in [2.05, 4.69) is 46.0 Å². The normalized spacial score (nSPS) is 14.3. The number of fused-ring (bicyclic) bond motifs is 1. The van der Waals surface area contributed by atoms with Crippen molar-refractivity contribution in [1.29, 1.82) is 0 Å². The molecule has 200 valence electrons. The molecule has 40 heavy (non-hydrogen) atoms. The van der Waals surface area contributed by atoms with Gasteiger partial charge in [-0.25, -0.2) is 15.0 Å². The Morgan fingerprint density at radius 3 is 2.58 bits per heavy atom. The summed E-state index contributed by atoms with van der Waals surface area (Å²) in [6, 6.07) is 16.3. The van der Waals surface area contributed by atoms with E-state index in [1.54, 1.807) is 30.6 Å². The molecule has 4 aromatic heterocycles. The molecule has 0 aliphatic carbocycles. The number of amides is 1. The van der Waals surface area contributed by atoms with Crippen LogP contribution in [0, 0.1) is 0 Å². The van der Waals surface area contributed by atoms with Crippen molar-refractivity contribution < 1.29 is 14.4 Å². The summed E-state index contributed by atoms with van der Waals surface area (Å²) < 4.78 is 5.58. The Labute approximate surface area is 229 Å². The fourth-order valence-electron chi connectivity index (χ4n) is 4.46. The van der Waals surface area contributed by atoms with Crippen molar-refractivity contribution in [3.63, 3.8) is 0 Å². The van der Waals surface area contributed by atoms with Crippen LogP contribution in [0.25, 0.3) is 23.0 Å². The van der Waals surface area contributed by atoms with Gasteiger partial charge in [-0.2, -0.15) is 4.98 Å². The van der Waals surface area contributed by atoms with Crippen LogP contribution in [-0.2, 0) is 5.54 Å². The van der Waals surface area contributed by atoms with E-state index in [9.17, 15) is 9.90 Å². The number of carbonyl (C=O) groups excluding carboxylic acids is 1. The van der Waals surface area contributed by atoms with Crippen molar-refractivity contribution in [3.05, 3.63) is 90.0 Å². The fourth-order valence-corrected chi connectivity index (χ4v) is 4.46. The summed E-state index contributed by atoms with van der Waals surface area (Å²) in [6.45, 7) is 3.59. The van der Waals surface area contributed by atoms with Gasteiger partial charge >= 0.3 is 0 Å². The van der Waals surface area contributed by atoms with E-state index in [0.29, 0.717) is 39.8 Å². The van der Waals surface area contributed by atoms with E-state index in [0.717, 1.165) is 5.56 Å². The zero-order valence-electron chi connectivity index (χ0n) is 21.7. The highest BCUT2D eigenvalue weighted by molar-refractivity contribution is 5.99. The predicted octanol–water partition coefficient (Wildman–Crippen LogP) is 3.85. The van der Waals surface area contributed by atoms with Crippen LogP contribution in [0.4, 0.5) is 17.5 Å². The van der Waals surface area contributed by atoms with Crippen molar-refractivity contribution in [1.82, 2.24) is 35.4 Å². The number of rotatable bonds is 8. The van der Waals surface area contributed by atoms with E-state index in [-0.39, 0.29) is 24.4 Å². The van der Waals surface area contributed by atoms with Gasteiger partial charge < -0.3 is 25.6 Å². The monoisotopic (exact) mass is 535 g/mol. The number of benzene rings is 1. The molecule has 5 aromatic rings. The second-order valence-electron chi connectivity index (χ2n) is 9.70. The van der Waals surface area contributed by atoms with Crippen LogP contribution in [0.2, 0.25) is 0 Å². The van der Waals surface area contributed by atoms with Gasteiger partial charge in [-0.1, -0.05) is 41.6 Å². The van der Waals surface area contributed by atoms with Gasteiger partial charge in [0.05, 0.1) is 40.7 Å². The van der Waals surface area contributed by atoms with Crippen LogP contribution in [0.5, 0.6) is 0 Å². The molecule has 1 amide bonds. The van der Waals surface area contributed by atoms with Gasteiger partial charge in [0.15, 0.2) is 0 Å². The van der Waals surface area contributed by atoms with Gasteiger partial charge in [0.1, 0.15) is 11.5 Å². The van der Waals surface area contributed by atoms with Crippen molar-refractivity contribution >= 4 is 23.4 Å². The largest absolute Gasteiger partial charge is 0.394 e. The molecule has 1 aliphatic rings. The molecule has 0 saturated heterocycles. The Hall–Kier alpha value is -5.23. The second-order valence-corrected chi connectivity index (χ2v) is 9.70. The quantitative estimate of drug-likeness (QED) is 0.228. The molecule has 12 heteroatoms. The van der Waals surface area contributed by atoms with Gasteiger partial charge in [0.25, 0.3) is 11.8 Å². The SMILES string of the molecule is CC1(C)NC(=O)c2cnc(Nc3cc(N[C@H](CO)c4ccccc4)c(-c4nc(-c5ccccn5)no4)cn3)nc21. The molecular formula is C28H25N9O3. The smallest absolute Gasteiger partial charge is 0.261 e. The lowest BCUT2D eigenvalue weighted by atomic mass is 10.0. The van der Waals surface area contributed by atoms with Crippen LogP contribution in [0.3, 0.4) is 0 Å². The number of nitrogens with one attached hydrogen (secondary N) is 3. The maximum absolute atomic E-state index is 12.2. The van der Waals surface area contributed by atoms with Crippen LogP contribution >= 0.6 is 0 Å². The van der Waals surface area contributed by atoms with E-state index >= 15 is 0 Å². The number of anilines is 3. The third kappa shape index (κ3) is 4.83. The zero-order chi connectivity index (χ0) is 27.7. The molecule has 4 N–H and O–H groups in total. The molecule has 0 saturated carbocycles. The summed E-state index contributed by atoms with van der Waals surface area (Å²) in [5, 5.41) is 23.7. The number of nitrogens with zero attached hydrogens (tertiary/aromatic N) is 6. The van der Waals surface area contributed by atoms with Crippen LogP contribution in [-0.4, -0.2) is 47.7 Å². The minimum atomic E-state index is -0.622. The number of aromatic nitrogens is 6. The molecule has 0 spiro atoms. The molecule has 1 aromatic carbocycles. The first-order valence-corrected chi connectivity index (χ1v) is 12.6. The van der Waals surface area contributed by atoms with Crippen LogP contribution in [0.15, 0.2) is 77.7 Å². The number of hydrogen-bond donors (Lipinski definition) is 4. The van der Waals surface area contributed by atoms with Gasteiger partial charge in [-0.15, -0.1) is 0 Å². The molecule has 0 unspecified atom stereocenters. The molecule has 5 heterocycles. The minimum Gasteiger partial charge on any atom is -0.394 e. The standard InChI is InChI=1S/C28H25N9O3/c1-28(2)23-18(25(39)36-28)14-31-27(34-23)33-22-12-20(32-21(15-38)16-8-4-3-5-9-16)17(13-30-22)26-35-24(37-40-26)19-10-6-7-11-29-19/h3-14,21,38H,15H2,1-2H3,(H,36,39)(H2,30,31,32,33,34)/t21-/m1/s1. The Bertz CT molecular complexity index is 1670. The highest BCUT2D eigenvalue weighted by atomic mass is 16.5. The van der Waals surface area contributed by atoms with E-state index < -0.39 is 11.6 Å². The molecule has 0 radical (unpaired) electrons. The second kappa shape index (κ2) is 10.2. The number of carbonyl (C=O) groups is 1. The first-order valence-electron chi connectivity index (χ1n) is 12.6. The third-order valence-electron chi connectivity index (χ3n) is 6.46. The number of aliphatic hydroxyl groups is 1. The highest BCUT2D eigenvalue weighted by Crippen LogP contribution is 2.33. The average Bonchev–Trinajstić information content (AvgIpc) is 3.55. The molecule has 1 aliphatic heterocycles. The average molecular weight is 536 g/mol. The lowest BCUT2D eigenvalue weighted by molar-refractivity contribution is 0.0940. The Kier molecular flexibility index (Phi) is 6.36. The number of hydrogen-bond acceptors (Lipinski definition) is 11. The Morgan fingerprint density at radius 1 is 1.00 bits per heavy atom. The van der Waals surface area contributed by atoms with Gasteiger partial charge in [-0.05, 0) is 31.5 Å². The fraction of sp³-hybridized carbons (Fsp3) is 0.179. The van der Waals surface area contributed by atoms with Gasteiger partial charge in [0, 0.05) is 24.7 Å². The first kappa shape index (κ1) is 25.1. The summed E-state index contributed by atoms with van der Waals surface area (Å²) in [6.07, 6.45) is 4.74. The van der Waals surface area contributed by atoms with Crippen molar-refractivity contribution in [2.75, 3.05) is 17.2 Å². The number of aliphatic hydroxyl groups excluding tert-OH is 1. The lowest BCUT2D eigenvalue weighted by Crippen LogP contribution is -2.33. The van der Waals surface area contributed by atoms with E-state index in [4.69, 9.17) is 4.52 Å². The molecule has 6 rings (SSSR count). The first-order chi connectivity index (χ1) is 19.4. The van der Waals surface area contributed by atoms with Crippen molar-refractivity contribution in [2.24, 2.45) is 0 Å². The molecule has 1 atom stereocenters. The van der Waals surface area contributed by atoms with E-state index in [1.807, 2.05) is 50.2 Å². The summed E-state index contributed by atoms with van der Waals surface area (Å²) in [5.41, 5.74) is 2.99. The maximum Gasteiger partial charge on any atom is 0.261 e. The predicted molar refractivity (Wildman–Crippen MR) is 146 cm³/mol. The molecule has 0 fully saturated rings. The van der Waals surface area contributed by atoms with Gasteiger partial charge in [-0.3, -0.25) is 9.78 Å². The number of pyridine rings is 2. The summed E-state index contributed by atoms with van der Waals surface area (Å²) >= 11 is 0. The molecular weight excluding hydrogens is 510 g/mol. The summed E-state index contributed by atoms with van der Waals surface area (Å²) in [5.74, 6) is 1.07. The van der Waals surface area contributed by atoms with Crippen molar-refractivity contribution in [2.45, 2.75) is 25.4 Å². The Morgan fingerprint density at radius 2 is 1.80 bits per heavy atom. The Balaban J connectivity index is 1.36. The van der Waals surface area contributed by atoms with E-state index in [1.165, 1.54) is 6.20 Å². The zero-order valence-corrected chi connectivity index (χ0v) is 21.7. The summed E-state index contributed by atoms with van der Waals surface area (Å²) in [7, 11) is 0. The van der Waals surface area contributed by atoms with Crippen molar-refractivity contribution in [3.8, 4) is 23.0 Å². The van der Waals surface area contributed by atoms with Crippen LogP contribution < -0.4 is 16.0 Å². The summed E-state index contributed by atoms with van der Waals surface area (Å²) in [4.78, 5) is 34.4. The lowest BCUT2D eigenvalue weighted by Gasteiger charge is -2.20. The highest BCUT2D eigenvalue weighted by Gasteiger charge is 2.37. The van der Waals surface area contributed by atoms with Crippen LogP contribution in [0.1, 0.15) is 41.5 Å². The topological polar surface area (TPSA) is 164 Å². The molecule has 0 bridgehead atoms.